The monoisotopic (exact) mass is 575 g/mol. The molecule has 7 nitrogen and oxygen atoms in total. The Morgan fingerprint density at radius 2 is 2.00 bits per heavy atom. The van der Waals surface area contributed by atoms with Gasteiger partial charge in [-0.05, 0) is 49.8 Å². The lowest BCUT2D eigenvalue weighted by Crippen LogP contribution is -2.39. The van der Waals surface area contributed by atoms with Gasteiger partial charge in [0.1, 0.15) is 5.75 Å². The highest BCUT2D eigenvalue weighted by Gasteiger charge is 2.33. The second kappa shape index (κ2) is 10.0. The predicted molar refractivity (Wildman–Crippen MR) is 142 cm³/mol. The van der Waals surface area contributed by atoms with Crippen LogP contribution in [-0.2, 0) is 9.53 Å². The summed E-state index contributed by atoms with van der Waals surface area (Å²) in [4.78, 5) is 33.6. The van der Waals surface area contributed by atoms with Crippen molar-refractivity contribution in [3.63, 3.8) is 0 Å². The summed E-state index contributed by atoms with van der Waals surface area (Å²) in [6.45, 7) is 3.68. The van der Waals surface area contributed by atoms with Crippen LogP contribution in [0.4, 0.5) is 5.69 Å². The first-order valence-electron chi connectivity index (χ1n) is 10.8. The summed E-state index contributed by atoms with van der Waals surface area (Å²) in [6, 6.07) is 10.2. The SMILES string of the molecule is CCOC(=O)C1=C(C)N=c2s/c(=C\c3cc(Br)cc(Cl)c3O)c(=O)n2[C@H]1c1ccc(N(C)C)cc1. The van der Waals surface area contributed by atoms with Crippen LogP contribution in [0.25, 0.3) is 6.08 Å². The van der Waals surface area contributed by atoms with Gasteiger partial charge in [-0.25, -0.2) is 9.79 Å². The van der Waals surface area contributed by atoms with E-state index in [0.29, 0.717) is 30.6 Å². The van der Waals surface area contributed by atoms with E-state index in [4.69, 9.17) is 16.3 Å². The predicted octanol–water partition coefficient (Wildman–Crippen LogP) is 3.99. The van der Waals surface area contributed by atoms with E-state index in [9.17, 15) is 14.7 Å². The highest BCUT2D eigenvalue weighted by molar-refractivity contribution is 9.10. The molecule has 0 amide bonds. The van der Waals surface area contributed by atoms with Gasteiger partial charge in [0.25, 0.3) is 5.56 Å². The zero-order valence-electron chi connectivity index (χ0n) is 19.5. The quantitative estimate of drug-likeness (QED) is 0.465. The van der Waals surface area contributed by atoms with E-state index in [-0.39, 0.29) is 22.9 Å². The first kappa shape index (κ1) is 25.2. The number of benzene rings is 2. The van der Waals surface area contributed by atoms with Crippen molar-refractivity contribution in [1.29, 1.82) is 0 Å². The Morgan fingerprint density at radius 3 is 2.63 bits per heavy atom. The molecule has 35 heavy (non-hydrogen) atoms. The lowest BCUT2D eigenvalue weighted by molar-refractivity contribution is -0.139. The van der Waals surface area contributed by atoms with Crippen molar-refractivity contribution in [1.82, 2.24) is 4.57 Å². The third-order valence-electron chi connectivity index (χ3n) is 5.59. The molecule has 0 spiro atoms. The van der Waals surface area contributed by atoms with Crippen LogP contribution in [0.15, 0.2) is 61.9 Å². The van der Waals surface area contributed by atoms with Gasteiger partial charge in [-0.3, -0.25) is 9.36 Å². The number of hydrogen-bond acceptors (Lipinski definition) is 7. The molecule has 182 valence electrons. The van der Waals surface area contributed by atoms with Crippen LogP contribution < -0.4 is 19.8 Å². The molecule has 0 fully saturated rings. The number of carbonyl (C=O) groups excluding carboxylic acids is 1. The standard InChI is InChI=1S/C25H23BrClN3O4S/c1-5-34-24(33)20-13(2)28-25-30(21(20)14-6-8-17(9-7-14)29(3)4)23(32)19(35-25)11-15-10-16(26)12-18(27)22(15)31/h6-12,21,31H,5H2,1-4H3/b19-11-/t21-/m0/s1. The van der Waals surface area contributed by atoms with Gasteiger partial charge in [0.15, 0.2) is 4.80 Å². The number of phenols is 1. The molecule has 1 aliphatic rings. The van der Waals surface area contributed by atoms with Crippen molar-refractivity contribution >= 4 is 56.6 Å². The summed E-state index contributed by atoms with van der Waals surface area (Å²) in [5.41, 5.74) is 2.61. The van der Waals surface area contributed by atoms with Crippen molar-refractivity contribution < 1.29 is 14.6 Å². The van der Waals surface area contributed by atoms with E-state index in [2.05, 4.69) is 20.9 Å². The normalized spacial score (nSPS) is 15.6. The Morgan fingerprint density at radius 1 is 1.31 bits per heavy atom. The van der Waals surface area contributed by atoms with Gasteiger partial charge >= 0.3 is 5.97 Å². The molecule has 1 atom stereocenters. The van der Waals surface area contributed by atoms with Crippen molar-refractivity contribution in [2.75, 3.05) is 25.6 Å². The van der Waals surface area contributed by atoms with Crippen LogP contribution in [-0.4, -0.2) is 36.3 Å². The fraction of sp³-hybridized carbons (Fsp3) is 0.240. The summed E-state index contributed by atoms with van der Waals surface area (Å²) in [7, 11) is 3.88. The molecule has 1 N–H and O–H groups in total. The van der Waals surface area contributed by atoms with Crippen LogP contribution in [0.1, 0.15) is 31.0 Å². The van der Waals surface area contributed by atoms with Crippen molar-refractivity contribution in [2.45, 2.75) is 19.9 Å². The number of allylic oxidation sites excluding steroid dienone is 1. The molecule has 2 heterocycles. The number of nitrogens with zero attached hydrogens (tertiary/aromatic N) is 3. The zero-order chi connectivity index (χ0) is 25.4. The molecule has 1 aliphatic heterocycles. The van der Waals surface area contributed by atoms with Gasteiger partial charge in [0.2, 0.25) is 0 Å². The summed E-state index contributed by atoms with van der Waals surface area (Å²) < 4.78 is 7.85. The van der Waals surface area contributed by atoms with Crippen LogP contribution in [0.5, 0.6) is 5.75 Å². The maximum absolute atomic E-state index is 13.7. The van der Waals surface area contributed by atoms with E-state index in [0.717, 1.165) is 11.3 Å². The van der Waals surface area contributed by atoms with Gasteiger partial charge in [0.05, 0.1) is 33.5 Å². The number of thiazole rings is 1. The topological polar surface area (TPSA) is 84.1 Å². The summed E-state index contributed by atoms with van der Waals surface area (Å²) in [5, 5.41) is 10.6. The van der Waals surface area contributed by atoms with Gasteiger partial charge in [-0.2, -0.15) is 0 Å². The van der Waals surface area contributed by atoms with Crippen molar-refractivity contribution in [3.8, 4) is 5.75 Å². The minimum absolute atomic E-state index is 0.125. The fourth-order valence-corrected chi connectivity index (χ4v) is 5.77. The Bertz CT molecular complexity index is 1520. The average molecular weight is 577 g/mol. The van der Waals surface area contributed by atoms with E-state index in [1.165, 1.54) is 15.9 Å². The molecule has 0 unspecified atom stereocenters. The number of rotatable bonds is 5. The number of hydrogen-bond donors (Lipinski definition) is 1. The summed E-state index contributed by atoms with van der Waals surface area (Å²) >= 11 is 10.6. The molecule has 0 bridgehead atoms. The Balaban J connectivity index is 1.96. The van der Waals surface area contributed by atoms with Crippen molar-refractivity contribution in [2.24, 2.45) is 4.99 Å². The fourth-order valence-electron chi connectivity index (χ4n) is 3.90. The molecular weight excluding hydrogens is 554 g/mol. The van der Waals surface area contributed by atoms with Crippen LogP contribution in [0.3, 0.4) is 0 Å². The van der Waals surface area contributed by atoms with E-state index >= 15 is 0 Å². The number of aromatic nitrogens is 1. The lowest BCUT2D eigenvalue weighted by Gasteiger charge is -2.25. The second-order valence-electron chi connectivity index (χ2n) is 8.11. The van der Waals surface area contributed by atoms with Crippen LogP contribution >= 0.6 is 38.9 Å². The Kier molecular flexibility index (Phi) is 7.21. The second-order valence-corrected chi connectivity index (χ2v) is 10.4. The van der Waals surface area contributed by atoms with Crippen LogP contribution in [0.2, 0.25) is 5.02 Å². The minimum atomic E-state index is -0.705. The molecule has 3 aromatic rings. The maximum Gasteiger partial charge on any atom is 0.338 e. The number of fused-ring (bicyclic) bond motifs is 1. The molecule has 0 aliphatic carbocycles. The number of aromatic hydroxyl groups is 1. The molecule has 10 heteroatoms. The largest absolute Gasteiger partial charge is 0.506 e. The number of esters is 1. The Hall–Kier alpha value is -2.88. The number of anilines is 1. The minimum Gasteiger partial charge on any atom is -0.506 e. The molecule has 2 aromatic carbocycles. The summed E-state index contributed by atoms with van der Waals surface area (Å²) in [5.74, 6) is -0.638. The number of carbonyl (C=O) groups is 1. The highest BCUT2D eigenvalue weighted by Crippen LogP contribution is 2.33. The smallest absolute Gasteiger partial charge is 0.338 e. The van der Waals surface area contributed by atoms with Crippen LogP contribution in [0, 0.1) is 0 Å². The first-order chi connectivity index (χ1) is 16.6. The lowest BCUT2D eigenvalue weighted by atomic mass is 9.95. The number of ether oxygens (including phenoxy) is 1. The zero-order valence-corrected chi connectivity index (χ0v) is 22.7. The first-order valence-corrected chi connectivity index (χ1v) is 12.8. The summed E-state index contributed by atoms with van der Waals surface area (Å²) in [6.07, 6.45) is 1.57. The van der Waals surface area contributed by atoms with Gasteiger partial charge in [-0.15, -0.1) is 0 Å². The third kappa shape index (κ3) is 4.80. The van der Waals surface area contributed by atoms with Gasteiger partial charge < -0.3 is 14.7 Å². The molecule has 1 aromatic heterocycles. The Labute approximate surface area is 219 Å². The van der Waals surface area contributed by atoms with E-state index < -0.39 is 12.0 Å². The van der Waals surface area contributed by atoms with E-state index in [1.54, 1.807) is 32.1 Å². The highest BCUT2D eigenvalue weighted by atomic mass is 79.9. The van der Waals surface area contributed by atoms with Gasteiger partial charge in [-0.1, -0.05) is 51.0 Å². The molecule has 4 rings (SSSR count). The number of halogens is 2. The third-order valence-corrected chi connectivity index (χ3v) is 7.32. The van der Waals surface area contributed by atoms with E-state index in [1.807, 2.05) is 43.3 Å². The average Bonchev–Trinajstić information content (AvgIpc) is 3.10. The molecule has 0 saturated heterocycles. The number of phenolic OH excluding ortho intramolecular Hbond substituents is 1. The molecule has 0 saturated carbocycles. The molecule has 0 radical (unpaired) electrons. The maximum atomic E-state index is 13.7. The van der Waals surface area contributed by atoms with Crippen molar-refractivity contribution in [3.05, 3.63) is 88.0 Å². The van der Waals surface area contributed by atoms with Gasteiger partial charge in [0, 0.05) is 29.8 Å². The molecular formula is C25H23BrClN3O4S.